The molecule has 5 rings (SSSR count). The summed E-state index contributed by atoms with van der Waals surface area (Å²) in [5.41, 5.74) is 3.45. The Bertz CT molecular complexity index is 891. The second kappa shape index (κ2) is 5.29. The maximum absolute atomic E-state index is 6.31. The average Bonchev–Trinajstić information content (AvgIpc) is 3.24. The normalized spacial score (nSPS) is 19.8. The molecule has 2 aliphatic heterocycles. The molecule has 5 heterocycles. The zero-order valence-corrected chi connectivity index (χ0v) is 14.5. The number of aromatic nitrogens is 3. The zero-order chi connectivity index (χ0) is 16.1. The number of rotatable bonds is 1. The lowest BCUT2D eigenvalue weighted by atomic mass is 9.85. The summed E-state index contributed by atoms with van der Waals surface area (Å²) in [4.78, 5) is 16.3. The van der Waals surface area contributed by atoms with Crippen LogP contribution in [-0.4, -0.2) is 34.6 Å². The SMILES string of the molecule is Cc1nc(N2CCC3(CC2)OCCc2ccsc23)c2[nH]ccc2n1. The summed E-state index contributed by atoms with van der Waals surface area (Å²) in [7, 11) is 0. The van der Waals surface area contributed by atoms with Crippen molar-refractivity contribution in [2.24, 2.45) is 0 Å². The van der Waals surface area contributed by atoms with Gasteiger partial charge in [0.1, 0.15) is 16.9 Å². The number of piperidine rings is 1. The van der Waals surface area contributed by atoms with Crippen molar-refractivity contribution < 1.29 is 4.74 Å². The van der Waals surface area contributed by atoms with E-state index in [1.54, 1.807) is 0 Å². The van der Waals surface area contributed by atoms with Gasteiger partial charge < -0.3 is 14.6 Å². The van der Waals surface area contributed by atoms with Crippen LogP contribution in [0.1, 0.15) is 29.1 Å². The number of anilines is 1. The van der Waals surface area contributed by atoms with E-state index in [1.807, 2.05) is 30.5 Å². The molecule has 124 valence electrons. The van der Waals surface area contributed by atoms with Crippen molar-refractivity contribution in [2.75, 3.05) is 24.6 Å². The van der Waals surface area contributed by atoms with Crippen LogP contribution in [0.5, 0.6) is 0 Å². The fraction of sp³-hybridized carbons (Fsp3) is 0.444. The lowest BCUT2D eigenvalue weighted by Crippen LogP contribution is -2.46. The van der Waals surface area contributed by atoms with Gasteiger partial charge in [0.25, 0.3) is 0 Å². The van der Waals surface area contributed by atoms with Gasteiger partial charge in [-0.2, -0.15) is 0 Å². The van der Waals surface area contributed by atoms with E-state index in [4.69, 9.17) is 9.72 Å². The van der Waals surface area contributed by atoms with Crippen molar-refractivity contribution in [1.82, 2.24) is 15.0 Å². The highest BCUT2D eigenvalue weighted by Crippen LogP contribution is 2.44. The van der Waals surface area contributed by atoms with E-state index < -0.39 is 0 Å². The number of ether oxygens (including phenoxy) is 1. The molecule has 2 aliphatic rings. The van der Waals surface area contributed by atoms with Gasteiger partial charge in [0, 0.05) is 24.2 Å². The minimum Gasteiger partial charge on any atom is -0.369 e. The molecule has 0 unspecified atom stereocenters. The molecule has 0 radical (unpaired) electrons. The van der Waals surface area contributed by atoms with E-state index in [2.05, 4.69) is 26.3 Å². The molecule has 0 bridgehead atoms. The van der Waals surface area contributed by atoms with Gasteiger partial charge >= 0.3 is 0 Å². The van der Waals surface area contributed by atoms with Crippen LogP contribution in [0.4, 0.5) is 5.82 Å². The van der Waals surface area contributed by atoms with Crippen molar-refractivity contribution in [1.29, 1.82) is 0 Å². The summed E-state index contributed by atoms with van der Waals surface area (Å²) < 4.78 is 6.31. The first-order valence-electron chi connectivity index (χ1n) is 8.53. The molecule has 5 nitrogen and oxygen atoms in total. The first kappa shape index (κ1) is 14.4. The molecule has 1 fully saturated rings. The molecule has 0 aliphatic carbocycles. The molecule has 1 spiro atoms. The average molecular weight is 340 g/mol. The molecule has 1 N–H and O–H groups in total. The fourth-order valence-electron chi connectivity index (χ4n) is 4.08. The standard InChI is InChI=1S/C18H20N4OS/c1-12-20-14-2-7-19-15(14)17(21-12)22-8-5-18(6-9-22)16-13(3-10-23-18)4-11-24-16/h2,4,7,11,19H,3,5-6,8-10H2,1H3. The van der Waals surface area contributed by atoms with Crippen LogP contribution in [0.3, 0.4) is 0 Å². The van der Waals surface area contributed by atoms with E-state index >= 15 is 0 Å². The summed E-state index contributed by atoms with van der Waals surface area (Å²) in [5.74, 6) is 1.85. The highest BCUT2D eigenvalue weighted by molar-refractivity contribution is 7.10. The zero-order valence-electron chi connectivity index (χ0n) is 13.7. The van der Waals surface area contributed by atoms with Gasteiger partial charge in [-0.1, -0.05) is 0 Å². The molecule has 0 amide bonds. The van der Waals surface area contributed by atoms with Crippen LogP contribution in [0.25, 0.3) is 11.0 Å². The number of H-pyrrole nitrogens is 1. The Labute approximate surface area is 144 Å². The second-order valence-electron chi connectivity index (χ2n) is 6.69. The van der Waals surface area contributed by atoms with Crippen LogP contribution >= 0.6 is 11.3 Å². The highest BCUT2D eigenvalue weighted by atomic mass is 32.1. The van der Waals surface area contributed by atoms with Crippen LogP contribution in [-0.2, 0) is 16.8 Å². The predicted molar refractivity (Wildman–Crippen MR) is 95.7 cm³/mol. The van der Waals surface area contributed by atoms with Crippen molar-refractivity contribution in [2.45, 2.75) is 31.8 Å². The molecular formula is C18H20N4OS. The molecular weight excluding hydrogens is 320 g/mol. The Morgan fingerprint density at radius 2 is 2.12 bits per heavy atom. The maximum Gasteiger partial charge on any atom is 0.156 e. The first-order chi connectivity index (χ1) is 11.8. The van der Waals surface area contributed by atoms with E-state index in [0.29, 0.717) is 0 Å². The lowest BCUT2D eigenvalue weighted by Gasteiger charge is -2.44. The van der Waals surface area contributed by atoms with Crippen LogP contribution < -0.4 is 4.90 Å². The predicted octanol–water partition coefficient (Wildman–Crippen LogP) is 3.40. The summed E-state index contributed by atoms with van der Waals surface area (Å²) in [6.45, 7) is 4.73. The topological polar surface area (TPSA) is 54.0 Å². The summed E-state index contributed by atoms with van der Waals surface area (Å²) >= 11 is 1.86. The Morgan fingerprint density at radius 1 is 1.25 bits per heavy atom. The number of aromatic amines is 1. The largest absolute Gasteiger partial charge is 0.369 e. The van der Waals surface area contributed by atoms with E-state index in [1.165, 1.54) is 10.4 Å². The molecule has 3 aromatic heterocycles. The summed E-state index contributed by atoms with van der Waals surface area (Å²) in [6.07, 6.45) is 5.03. The third kappa shape index (κ3) is 2.09. The second-order valence-corrected chi connectivity index (χ2v) is 7.60. The minimum absolute atomic E-state index is 0.0742. The van der Waals surface area contributed by atoms with E-state index in [-0.39, 0.29) is 5.60 Å². The van der Waals surface area contributed by atoms with Crippen molar-refractivity contribution in [3.05, 3.63) is 40.0 Å². The molecule has 0 aromatic carbocycles. The van der Waals surface area contributed by atoms with E-state index in [9.17, 15) is 0 Å². The fourth-order valence-corrected chi connectivity index (χ4v) is 5.24. The molecule has 3 aromatic rings. The number of hydrogen-bond donors (Lipinski definition) is 1. The number of hydrogen-bond acceptors (Lipinski definition) is 5. The summed E-state index contributed by atoms with van der Waals surface area (Å²) in [5, 5.41) is 2.21. The highest BCUT2D eigenvalue weighted by Gasteiger charge is 2.42. The third-order valence-electron chi connectivity index (χ3n) is 5.28. The van der Waals surface area contributed by atoms with Gasteiger partial charge in [-0.05, 0) is 49.3 Å². The Kier molecular flexibility index (Phi) is 3.18. The van der Waals surface area contributed by atoms with Crippen LogP contribution in [0.15, 0.2) is 23.7 Å². The quantitative estimate of drug-likeness (QED) is 0.738. The van der Waals surface area contributed by atoms with E-state index in [0.717, 1.165) is 61.6 Å². The Balaban J connectivity index is 1.46. The van der Waals surface area contributed by atoms with Gasteiger partial charge in [0.15, 0.2) is 5.82 Å². The molecule has 6 heteroatoms. The van der Waals surface area contributed by atoms with Crippen LogP contribution in [0.2, 0.25) is 0 Å². The molecule has 24 heavy (non-hydrogen) atoms. The van der Waals surface area contributed by atoms with Gasteiger partial charge in [0.2, 0.25) is 0 Å². The number of thiophene rings is 1. The third-order valence-corrected chi connectivity index (χ3v) is 6.42. The smallest absolute Gasteiger partial charge is 0.156 e. The number of fused-ring (bicyclic) bond motifs is 3. The number of nitrogens with zero attached hydrogens (tertiary/aromatic N) is 3. The minimum atomic E-state index is -0.0742. The Hall–Kier alpha value is -1.92. The number of nitrogens with one attached hydrogen (secondary N) is 1. The van der Waals surface area contributed by atoms with Gasteiger partial charge in [0.05, 0.1) is 12.1 Å². The summed E-state index contributed by atoms with van der Waals surface area (Å²) in [6, 6.07) is 4.29. The molecule has 0 atom stereocenters. The van der Waals surface area contributed by atoms with Gasteiger partial charge in [-0.15, -0.1) is 11.3 Å². The number of aryl methyl sites for hydroxylation is 1. The molecule has 1 saturated heterocycles. The first-order valence-corrected chi connectivity index (χ1v) is 9.41. The van der Waals surface area contributed by atoms with Gasteiger partial charge in [-0.3, -0.25) is 0 Å². The van der Waals surface area contributed by atoms with Crippen molar-refractivity contribution in [3.8, 4) is 0 Å². The Morgan fingerprint density at radius 3 is 3.00 bits per heavy atom. The van der Waals surface area contributed by atoms with Gasteiger partial charge in [-0.25, -0.2) is 9.97 Å². The lowest BCUT2D eigenvalue weighted by molar-refractivity contribution is -0.0735. The van der Waals surface area contributed by atoms with Crippen LogP contribution in [0, 0.1) is 6.92 Å². The van der Waals surface area contributed by atoms with Crippen molar-refractivity contribution in [3.63, 3.8) is 0 Å². The maximum atomic E-state index is 6.31. The monoisotopic (exact) mass is 340 g/mol. The molecule has 0 saturated carbocycles. The van der Waals surface area contributed by atoms with Crippen molar-refractivity contribution >= 4 is 28.2 Å².